The molecule has 0 spiro atoms. The zero-order chi connectivity index (χ0) is 13.8. The number of benzene rings is 1. The molecular weight excluding hydrogens is 308 g/mol. The second kappa shape index (κ2) is 6.70. The summed E-state index contributed by atoms with van der Waals surface area (Å²) in [6.07, 6.45) is 3.47. The molecule has 3 atom stereocenters. The van der Waals surface area contributed by atoms with Crippen LogP contribution >= 0.6 is 15.9 Å². The van der Waals surface area contributed by atoms with E-state index in [0.29, 0.717) is 6.10 Å². The number of ether oxygens (including phenoxy) is 2. The predicted octanol–water partition coefficient (Wildman–Crippen LogP) is 2.40. The number of nitrogens with two attached hydrogens (primary N) is 1. The van der Waals surface area contributed by atoms with E-state index in [9.17, 15) is 0 Å². The molecule has 3 N–H and O–H groups in total. The molecule has 0 amide bonds. The van der Waals surface area contributed by atoms with Crippen molar-refractivity contribution < 1.29 is 9.47 Å². The number of hydrogen-bond donors (Lipinski definition) is 2. The van der Waals surface area contributed by atoms with Crippen LogP contribution in [0.5, 0.6) is 5.75 Å². The molecule has 5 heteroatoms. The fourth-order valence-electron chi connectivity index (χ4n) is 2.50. The van der Waals surface area contributed by atoms with E-state index in [4.69, 9.17) is 15.3 Å². The summed E-state index contributed by atoms with van der Waals surface area (Å²) in [5.74, 6) is 6.55. The monoisotopic (exact) mass is 328 g/mol. The number of halogens is 1. The lowest BCUT2D eigenvalue weighted by Gasteiger charge is -2.23. The first-order valence-electron chi connectivity index (χ1n) is 6.58. The van der Waals surface area contributed by atoms with Crippen LogP contribution in [0.1, 0.15) is 25.3 Å². The van der Waals surface area contributed by atoms with Gasteiger partial charge in [0.05, 0.1) is 25.4 Å². The highest BCUT2D eigenvalue weighted by molar-refractivity contribution is 9.10. The Morgan fingerprint density at radius 1 is 1.53 bits per heavy atom. The molecule has 0 radical (unpaired) electrons. The second-order valence-electron chi connectivity index (χ2n) is 5.00. The van der Waals surface area contributed by atoms with Crippen molar-refractivity contribution in [1.29, 1.82) is 0 Å². The summed E-state index contributed by atoms with van der Waals surface area (Å²) < 4.78 is 12.2. The third kappa shape index (κ3) is 3.69. The summed E-state index contributed by atoms with van der Waals surface area (Å²) in [7, 11) is 1.67. The predicted molar refractivity (Wildman–Crippen MR) is 79.1 cm³/mol. The van der Waals surface area contributed by atoms with Crippen LogP contribution in [0.2, 0.25) is 0 Å². The van der Waals surface area contributed by atoms with Gasteiger partial charge < -0.3 is 9.47 Å². The van der Waals surface area contributed by atoms with Crippen molar-refractivity contribution in [3.05, 3.63) is 28.2 Å². The van der Waals surface area contributed by atoms with E-state index in [1.165, 1.54) is 5.56 Å². The maximum Gasteiger partial charge on any atom is 0.119 e. The van der Waals surface area contributed by atoms with Gasteiger partial charge in [-0.05, 0) is 49.9 Å². The van der Waals surface area contributed by atoms with Crippen molar-refractivity contribution in [1.82, 2.24) is 5.43 Å². The van der Waals surface area contributed by atoms with Crippen molar-refractivity contribution in [2.75, 3.05) is 7.11 Å². The highest BCUT2D eigenvalue weighted by Gasteiger charge is 2.29. The standard InChI is InChI=1S/C14H21BrN2O2/c1-9-3-6-14(19-9)13(17-16)8-10-7-11(18-2)4-5-12(10)15/h4-5,7,9,13-14,17H,3,6,8,16H2,1-2H3. The largest absolute Gasteiger partial charge is 0.497 e. The van der Waals surface area contributed by atoms with Crippen molar-refractivity contribution in [2.45, 2.75) is 44.4 Å². The Labute approximate surface area is 122 Å². The Balaban J connectivity index is 2.09. The second-order valence-corrected chi connectivity index (χ2v) is 5.85. The topological polar surface area (TPSA) is 56.5 Å². The summed E-state index contributed by atoms with van der Waals surface area (Å²) in [6.45, 7) is 2.11. The van der Waals surface area contributed by atoms with Crippen LogP contribution < -0.4 is 16.0 Å². The minimum Gasteiger partial charge on any atom is -0.497 e. The highest BCUT2D eigenvalue weighted by Crippen LogP contribution is 2.27. The molecule has 0 bridgehead atoms. The van der Waals surface area contributed by atoms with E-state index >= 15 is 0 Å². The average molecular weight is 329 g/mol. The molecule has 19 heavy (non-hydrogen) atoms. The van der Waals surface area contributed by atoms with Gasteiger partial charge in [-0.3, -0.25) is 11.3 Å². The van der Waals surface area contributed by atoms with Gasteiger partial charge in [0.1, 0.15) is 5.75 Å². The molecule has 1 fully saturated rings. The third-order valence-electron chi connectivity index (χ3n) is 3.62. The van der Waals surface area contributed by atoms with Crippen molar-refractivity contribution in [2.24, 2.45) is 5.84 Å². The fourth-order valence-corrected chi connectivity index (χ4v) is 2.91. The van der Waals surface area contributed by atoms with Crippen molar-refractivity contribution in [3.8, 4) is 5.75 Å². The molecule has 0 saturated carbocycles. The number of methoxy groups -OCH3 is 1. The molecule has 4 nitrogen and oxygen atoms in total. The molecule has 1 aliphatic heterocycles. The maximum absolute atomic E-state index is 5.89. The Bertz CT molecular complexity index is 428. The molecule has 0 aromatic heterocycles. The van der Waals surface area contributed by atoms with Gasteiger partial charge in [-0.15, -0.1) is 0 Å². The number of hydrazine groups is 1. The van der Waals surface area contributed by atoms with E-state index < -0.39 is 0 Å². The first kappa shape index (κ1) is 14.8. The first-order valence-corrected chi connectivity index (χ1v) is 7.37. The molecular formula is C14H21BrN2O2. The van der Waals surface area contributed by atoms with Gasteiger partial charge in [-0.2, -0.15) is 0 Å². The van der Waals surface area contributed by atoms with Crippen molar-refractivity contribution in [3.63, 3.8) is 0 Å². The quantitative estimate of drug-likeness (QED) is 0.643. The molecule has 0 aliphatic carbocycles. The minimum absolute atomic E-state index is 0.119. The van der Waals surface area contributed by atoms with Crippen LogP contribution in [-0.4, -0.2) is 25.4 Å². The fraction of sp³-hybridized carbons (Fsp3) is 0.571. The Morgan fingerprint density at radius 3 is 2.89 bits per heavy atom. The van der Waals surface area contributed by atoms with Crippen LogP contribution in [0.15, 0.2) is 22.7 Å². The summed E-state index contributed by atoms with van der Waals surface area (Å²) in [5, 5.41) is 0. The first-order chi connectivity index (χ1) is 9.13. The molecule has 1 aliphatic rings. The SMILES string of the molecule is COc1ccc(Br)c(CC(NN)C2CCC(C)O2)c1. The summed E-state index contributed by atoms with van der Waals surface area (Å²) in [6, 6.07) is 6.09. The van der Waals surface area contributed by atoms with E-state index in [2.05, 4.69) is 28.3 Å². The molecule has 1 aromatic rings. The number of nitrogens with one attached hydrogen (secondary N) is 1. The van der Waals surface area contributed by atoms with Crippen LogP contribution in [-0.2, 0) is 11.2 Å². The molecule has 1 aromatic carbocycles. The van der Waals surface area contributed by atoms with Crippen molar-refractivity contribution >= 4 is 15.9 Å². The van der Waals surface area contributed by atoms with Gasteiger partial charge in [-0.25, -0.2) is 0 Å². The van der Waals surface area contributed by atoms with Crippen LogP contribution in [0, 0.1) is 0 Å². The van der Waals surface area contributed by atoms with E-state index in [1.807, 2.05) is 18.2 Å². The summed E-state index contributed by atoms with van der Waals surface area (Å²) >= 11 is 3.57. The Hall–Kier alpha value is -0.620. The third-order valence-corrected chi connectivity index (χ3v) is 4.39. The molecule has 2 rings (SSSR count). The lowest BCUT2D eigenvalue weighted by molar-refractivity contribution is 0.0320. The van der Waals surface area contributed by atoms with Gasteiger partial charge in [0, 0.05) is 4.47 Å². The maximum atomic E-state index is 5.89. The van der Waals surface area contributed by atoms with Crippen LogP contribution in [0.25, 0.3) is 0 Å². The lowest BCUT2D eigenvalue weighted by atomic mass is 9.99. The van der Waals surface area contributed by atoms with E-state index in [-0.39, 0.29) is 12.1 Å². The molecule has 106 valence electrons. The highest BCUT2D eigenvalue weighted by atomic mass is 79.9. The van der Waals surface area contributed by atoms with E-state index in [1.54, 1.807) is 7.11 Å². The summed E-state index contributed by atoms with van der Waals surface area (Å²) in [5.41, 5.74) is 4.06. The number of hydrogen-bond acceptors (Lipinski definition) is 4. The Kier molecular flexibility index (Phi) is 5.21. The minimum atomic E-state index is 0.119. The summed E-state index contributed by atoms with van der Waals surface area (Å²) in [4.78, 5) is 0. The van der Waals surface area contributed by atoms with Gasteiger partial charge in [0.15, 0.2) is 0 Å². The van der Waals surface area contributed by atoms with Gasteiger partial charge in [0.2, 0.25) is 0 Å². The van der Waals surface area contributed by atoms with Gasteiger partial charge in [0.25, 0.3) is 0 Å². The lowest BCUT2D eigenvalue weighted by Crippen LogP contribution is -2.45. The molecule has 3 unspecified atom stereocenters. The average Bonchev–Trinajstić information content (AvgIpc) is 2.84. The van der Waals surface area contributed by atoms with Gasteiger partial charge >= 0.3 is 0 Å². The zero-order valence-corrected chi connectivity index (χ0v) is 12.9. The Morgan fingerprint density at radius 2 is 2.32 bits per heavy atom. The van der Waals surface area contributed by atoms with Crippen LogP contribution in [0.4, 0.5) is 0 Å². The van der Waals surface area contributed by atoms with Gasteiger partial charge in [-0.1, -0.05) is 15.9 Å². The van der Waals surface area contributed by atoms with E-state index in [0.717, 1.165) is 29.5 Å². The van der Waals surface area contributed by atoms with Crippen LogP contribution in [0.3, 0.4) is 0 Å². The zero-order valence-electron chi connectivity index (χ0n) is 11.4. The smallest absolute Gasteiger partial charge is 0.119 e. The number of rotatable bonds is 5. The molecule has 1 heterocycles. The molecule has 1 saturated heterocycles. The normalized spacial score (nSPS) is 24.4.